The van der Waals surface area contributed by atoms with E-state index in [1.54, 1.807) is 0 Å². The van der Waals surface area contributed by atoms with Crippen LogP contribution >= 0.6 is 27.3 Å². The SMILES string of the molecule is Brc1ccc(CCNC2CCOC3(CCCC3)C2)s1. The van der Waals surface area contributed by atoms with E-state index in [2.05, 4.69) is 33.4 Å². The van der Waals surface area contributed by atoms with Gasteiger partial charge in [-0.05, 0) is 60.2 Å². The number of hydrogen-bond acceptors (Lipinski definition) is 3. The molecule has 1 unspecified atom stereocenters. The predicted octanol–water partition coefficient (Wildman–Crippen LogP) is 4.13. The van der Waals surface area contributed by atoms with Crippen molar-refractivity contribution >= 4 is 27.3 Å². The van der Waals surface area contributed by atoms with E-state index in [0.29, 0.717) is 6.04 Å². The highest BCUT2D eigenvalue weighted by molar-refractivity contribution is 9.11. The van der Waals surface area contributed by atoms with Crippen LogP contribution in [0.25, 0.3) is 0 Å². The molecule has 0 amide bonds. The third-order valence-corrected chi connectivity index (χ3v) is 6.12. The molecule has 1 aliphatic heterocycles. The summed E-state index contributed by atoms with van der Waals surface area (Å²) in [6.45, 7) is 2.04. The minimum atomic E-state index is 0.238. The smallest absolute Gasteiger partial charge is 0.0701 e. The van der Waals surface area contributed by atoms with Gasteiger partial charge < -0.3 is 10.1 Å². The van der Waals surface area contributed by atoms with E-state index in [-0.39, 0.29) is 5.60 Å². The topological polar surface area (TPSA) is 21.3 Å². The van der Waals surface area contributed by atoms with Crippen LogP contribution in [0.1, 0.15) is 43.4 Å². The van der Waals surface area contributed by atoms with Crippen LogP contribution in [0.5, 0.6) is 0 Å². The number of nitrogens with one attached hydrogen (secondary N) is 1. The Morgan fingerprint density at radius 1 is 1.37 bits per heavy atom. The first-order valence-corrected chi connectivity index (χ1v) is 8.98. The zero-order valence-electron chi connectivity index (χ0n) is 11.3. The van der Waals surface area contributed by atoms with E-state index in [1.165, 1.54) is 47.2 Å². The Kier molecular flexibility index (Phi) is 4.62. The number of hydrogen-bond donors (Lipinski definition) is 1. The molecule has 2 fully saturated rings. The number of halogens is 1. The molecule has 0 radical (unpaired) electrons. The van der Waals surface area contributed by atoms with Crippen LogP contribution < -0.4 is 5.32 Å². The lowest BCUT2D eigenvalue weighted by Gasteiger charge is -2.38. The number of ether oxygens (including phenoxy) is 1. The molecule has 1 saturated heterocycles. The van der Waals surface area contributed by atoms with E-state index in [0.717, 1.165) is 19.6 Å². The van der Waals surface area contributed by atoms with Gasteiger partial charge in [0.25, 0.3) is 0 Å². The molecule has 1 aliphatic carbocycles. The highest BCUT2D eigenvalue weighted by Gasteiger charge is 2.39. The maximum Gasteiger partial charge on any atom is 0.0701 e. The van der Waals surface area contributed by atoms with Crippen molar-refractivity contribution in [3.05, 3.63) is 20.8 Å². The van der Waals surface area contributed by atoms with Gasteiger partial charge in [-0.1, -0.05) is 12.8 Å². The zero-order chi connectivity index (χ0) is 13.1. The monoisotopic (exact) mass is 343 g/mol. The normalized spacial score (nSPS) is 26.1. The maximum absolute atomic E-state index is 6.08. The Morgan fingerprint density at radius 3 is 2.95 bits per heavy atom. The summed E-state index contributed by atoms with van der Waals surface area (Å²) in [5.41, 5.74) is 0.238. The molecule has 1 aromatic rings. The minimum absolute atomic E-state index is 0.238. The number of thiophene rings is 1. The fourth-order valence-corrected chi connectivity index (χ4v) is 4.94. The fraction of sp³-hybridized carbons (Fsp3) is 0.733. The summed E-state index contributed by atoms with van der Waals surface area (Å²) in [5.74, 6) is 0. The third-order valence-electron chi connectivity index (χ3n) is 4.44. The second-order valence-electron chi connectivity index (χ2n) is 5.84. The van der Waals surface area contributed by atoms with Gasteiger partial charge in [0.1, 0.15) is 0 Å². The van der Waals surface area contributed by atoms with Crippen molar-refractivity contribution in [1.29, 1.82) is 0 Å². The van der Waals surface area contributed by atoms with E-state index in [4.69, 9.17) is 4.74 Å². The summed E-state index contributed by atoms with van der Waals surface area (Å²) in [6.07, 6.45) is 8.82. The standard InChI is InChI=1S/C15H22BrNOS/c16-14-4-3-13(19-14)5-9-17-12-6-10-18-15(11-12)7-1-2-8-15/h3-4,12,17H,1-2,5-11H2. The zero-order valence-corrected chi connectivity index (χ0v) is 13.7. The van der Waals surface area contributed by atoms with Crippen LogP contribution in [-0.4, -0.2) is 24.8 Å². The van der Waals surface area contributed by atoms with Crippen LogP contribution in [0.4, 0.5) is 0 Å². The van der Waals surface area contributed by atoms with Crippen molar-refractivity contribution in [3.63, 3.8) is 0 Å². The van der Waals surface area contributed by atoms with Gasteiger partial charge >= 0.3 is 0 Å². The molecule has 2 heterocycles. The maximum atomic E-state index is 6.08. The lowest BCUT2D eigenvalue weighted by molar-refractivity contribution is -0.0834. The Balaban J connectivity index is 1.45. The van der Waals surface area contributed by atoms with Crippen LogP contribution in [0.2, 0.25) is 0 Å². The third kappa shape index (κ3) is 3.60. The molecule has 3 rings (SSSR count). The van der Waals surface area contributed by atoms with Gasteiger partial charge in [-0.3, -0.25) is 0 Å². The number of rotatable bonds is 4. The summed E-state index contributed by atoms with van der Waals surface area (Å²) in [7, 11) is 0. The van der Waals surface area contributed by atoms with Gasteiger partial charge in [-0.2, -0.15) is 0 Å². The lowest BCUT2D eigenvalue weighted by Crippen LogP contribution is -2.46. The van der Waals surface area contributed by atoms with Gasteiger partial charge in [0, 0.05) is 24.1 Å². The molecule has 4 heteroatoms. The second kappa shape index (κ2) is 6.25. The van der Waals surface area contributed by atoms with E-state index >= 15 is 0 Å². The Bertz CT molecular complexity index is 414. The predicted molar refractivity (Wildman–Crippen MR) is 83.9 cm³/mol. The van der Waals surface area contributed by atoms with Gasteiger partial charge in [0.15, 0.2) is 0 Å². The largest absolute Gasteiger partial charge is 0.375 e. The average Bonchev–Trinajstić information content (AvgIpc) is 3.00. The van der Waals surface area contributed by atoms with Crippen molar-refractivity contribution in [3.8, 4) is 0 Å². The van der Waals surface area contributed by atoms with Gasteiger partial charge in [-0.25, -0.2) is 0 Å². The molecule has 0 aromatic carbocycles. The van der Waals surface area contributed by atoms with Gasteiger partial charge in [0.2, 0.25) is 0 Å². The molecule has 1 aromatic heterocycles. The van der Waals surface area contributed by atoms with Gasteiger partial charge in [-0.15, -0.1) is 11.3 Å². The first kappa shape index (κ1) is 14.1. The van der Waals surface area contributed by atoms with Crippen molar-refractivity contribution < 1.29 is 4.74 Å². The molecular formula is C15H22BrNOS. The van der Waals surface area contributed by atoms with Crippen molar-refractivity contribution in [2.75, 3.05) is 13.2 Å². The molecule has 2 nitrogen and oxygen atoms in total. The second-order valence-corrected chi connectivity index (χ2v) is 8.39. The molecule has 1 atom stereocenters. The quantitative estimate of drug-likeness (QED) is 0.887. The average molecular weight is 344 g/mol. The Hall–Kier alpha value is 0.1000. The fourth-order valence-electron chi connectivity index (χ4n) is 3.46. The van der Waals surface area contributed by atoms with Crippen molar-refractivity contribution in [2.45, 2.75) is 56.6 Å². The molecule has 19 heavy (non-hydrogen) atoms. The summed E-state index contributed by atoms with van der Waals surface area (Å²) in [4.78, 5) is 1.46. The summed E-state index contributed by atoms with van der Waals surface area (Å²) >= 11 is 5.37. The van der Waals surface area contributed by atoms with Gasteiger partial charge in [0.05, 0.1) is 9.39 Å². The lowest BCUT2D eigenvalue weighted by atomic mass is 9.89. The first-order chi connectivity index (χ1) is 9.26. The first-order valence-electron chi connectivity index (χ1n) is 7.37. The minimum Gasteiger partial charge on any atom is -0.375 e. The molecule has 1 saturated carbocycles. The Morgan fingerprint density at radius 2 is 2.21 bits per heavy atom. The molecule has 1 N–H and O–H groups in total. The van der Waals surface area contributed by atoms with Crippen LogP contribution in [-0.2, 0) is 11.2 Å². The van der Waals surface area contributed by atoms with Crippen LogP contribution in [0, 0.1) is 0 Å². The van der Waals surface area contributed by atoms with Crippen molar-refractivity contribution in [2.24, 2.45) is 0 Å². The van der Waals surface area contributed by atoms with Crippen LogP contribution in [0.15, 0.2) is 15.9 Å². The molecule has 0 bridgehead atoms. The molecular weight excluding hydrogens is 322 g/mol. The summed E-state index contributed by atoms with van der Waals surface area (Å²) in [6, 6.07) is 5.02. The van der Waals surface area contributed by atoms with E-state index in [9.17, 15) is 0 Å². The van der Waals surface area contributed by atoms with Crippen molar-refractivity contribution in [1.82, 2.24) is 5.32 Å². The van der Waals surface area contributed by atoms with E-state index < -0.39 is 0 Å². The summed E-state index contributed by atoms with van der Waals surface area (Å²) in [5, 5.41) is 3.74. The molecule has 1 spiro atoms. The highest BCUT2D eigenvalue weighted by atomic mass is 79.9. The Labute approximate surface area is 128 Å². The molecule has 2 aliphatic rings. The summed E-state index contributed by atoms with van der Waals surface area (Å²) < 4.78 is 7.32. The van der Waals surface area contributed by atoms with E-state index in [1.807, 2.05) is 11.3 Å². The molecule has 106 valence electrons. The van der Waals surface area contributed by atoms with Crippen LogP contribution in [0.3, 0.4) is 0 Å². The highest BCUT2D eigenvalue weighted by Crippen LogP contribution is 2.39.